The smallest absolute Gasteiger partial charge is 0.227 e. The van der Waals surface area contributed by atoms with E-state index in [1.54, 1.807) is 6.20 Å². The van der Waals surface area contributed by atoms with Gasteiger partial charge in [0.2, 0.25) is 5.89 Å². The van der Waals surface area contributed by atoms with Gasteiger partial charge in [-0.05, 0) is 25.1 Å². The molecule has 0 radical (unpaired) electrons. The zero-order chi connectivity index (χ0) is 20.5. The predicted molar refractivity (Wildman–Crippen MR) is 110 cm³/mol. The van der Waals surface area contributed by atoms with Gasteiger partial charge < -0.3 is 29.9 Å². The molecule has 10 nitrogen and oxygen atoms in total. The largest absolute Gasteiger partial charge is 0.486 e. The van der Waals surface area contributed by atoms with Crippen LogP contribution in [0.15, 0.2) is 45.4 Å². The van der Waals surface area contributed by atoms with Crippen molar-refractivity contribution in [1.29, 1.82) is 0 Å². The van der Waals surface area contributed by atoms with E-state index in [-0.39, 0.29) is 0 Å². The molecule has 0 spiro atoms. The number of oxazole rings is 1. The lowest BCUT2D eigenvalue weighted by Crippen LogP contribution is -2.15. The number of hydrogen-bond acceptors (Lipinski definition) is 10. The van der Waals surface area contributed by atoms with E-state index >= 15 is 0 Å². The van der Waals surface area contributed by atoms with E-state index in [0.29, 0.717) is 60.7 Å². The molecule has 4 heterocycles. The van der Waals surface area contributed by atoms with Gasteiger partial charge in [0.1, 0.15) is 25.8 Å². The third-order valence-corrected chi connectivity index (χ3v) is 5.67. The van der Waals surface area contributed by atoms with E-state index in [4.69, 9.17) is 30.3 Å². The van der Waals surface area contributed by atoms with Crippen molar-refractivity contribution in [3.63, 3.8) is 0 Å². The topological polar surface area (TPSA) is 140 Å². The van der Waals surface area contributed by atoms with Gasteiger partial charge in [-0.1, -0.05) is 11.8 Å². The van der Waals surface area contributed by atoms with Crippen molar-refractivity contribution in [1.82, 2.24) is 24.5 Å². The number of aromatic nitrogens is 5. The molecule has 5 rings (SSSR count). The summed E-state index contributed by atoms with van der Waals surface area (Å²) in [4.78, 5) is 18.3. The highest BCUT2D eigenvalue weighted by atomic mass is 32.2. The van der Waals surface area contributed by atoms with Crippen molar-refractivity contribution in [2.75, 3.05) is 25.5 Å². The zero-order valence-corrected chi connectivity index (χ0v) is 16.8. The number of nitrogen functional groups attached to an aromatic ring is 1. The zero-order valence-electron chi connectivity index (χ0n) is 15.9. The van der Waals surface area contributed by atoms with Crippen LogP contribution in [0.3, 0.4) is 0 Å². The third kappa shape index (κ3) is 3.31. The lowest BCUT2D eigenvalue weighted by molar-refractivity contribution is 0.171. The first-order chi connectivity index (χ1) is 14.7. The Labute approximate surface area is 175 Å². The van der Waals surface area contributed by atoms with Crippen LogP contribution in [-0.4, -0.2) is 44.3 Å². The van der Waals surface area contributed by atoms with Crippen LogP contribution >= 0.6 is 11.8 Å². The summed E-state index contributed by atoms with van der Waals surface area (Å²) in [6.07, 6.45) is 5.35. The number of aryl methyl sites for hydroxylation is 1. The van der Waals surface area contributed by atoms with Gasteiger partial charge in [-0.25, -0.2) is 19.9 Å². The van der Waals surface area contributed by atoms with Crippen molar-refractivity contribution >= 4 is 28.7 Å². The number of nitrogens with two attached hydrogens (primary N) is 2. The second-order valence-electron chi connectivity index (χ2n) is 6.55. The number of fused-ring (bicyclic) bond motifs is 2. The molecule has 4 N–H and O–H groups in total. The highest BCUT2D eigenvalue weighted by Gasteiger charge is 2.22. The van der Waals surface area contributed by atoms with Gasteiger partial charge in [0, 0.05) is 11.4 Å². The minimum absolute atomic E-state index is 0.337. The molecule has 30 heavy (non-hydrogen) atoms. The Morgan fingerprint density at radius 3 is 2.70 bits per heavy atom. The second-order valence-corrected chi connectivity index (χ2v) is 7.56. The average Bonchev–Trinajstić information content (AvgIpc) is 3.41. The van der Waals surface area contributed by atoms with Crippen molar-refractivity contribution in [2.45, 2.75) is 23.0 Å². The van der Waals surface area contributed by atoms with E-state index in [1.807, 2.05) is 16.7 Å². The summed E-state index contributed by atoms with van der Waals surface area (Å²) in [7, 11) is 0. The summed E-state index contributed by atoms with van der Waals surface area (Å²) < 4.78 is 19.1. The maximum atomic E-state index is 6.04. The number of nitrogens with zero attached hydrogens (tertiary/aromatic N) is 5. The summed E-state index contributed by atoms with van der Waals surface area (Å²) in [6.45, 7) is 2.20. The minimum atomic E-state index is 0.337. The fourth-order valence-electron chi connectivity index (χ4n) is 3.24. The first-order valence-electron chi connectivity index (χ1n) is 9.42. The summed E-state index contributed by atoms with van der Waals surface area (Å²) >= 11 is 1.45. The van der Waals surface area contributed by atoms with E-state index in [1.165, 1.54) is 24.4 Å². The first-order valence-corrected chi connectivity index (χ1v) is 10.2. The number of benzene rings is 1. The van der Waals surface area contributed by atoms with Crippen molar-refractivity contribution in [2.24, 2.45) is 5.73 Å². The van der Waals surface area contributed by atoms with Crippen LogP contribution in [0.4, 0.5) is 5.82 Å². The molecule has 1 aromatic carbocycles. The van der Waals surface area contributed by atoms with E-state index in [0.717, 1.165) is 22.0 Å². The molecule has 0 bridgehead atoms. The molecule has 1 aliphatic heterocycles. The number of hydrogen-bond donors (Lipinski definition) is 2. The molecule has 0 fully saturated rings. The molecule has 0 atom stereocenters. The average molecular weight is 425 g/mol. The maximum absolute atomic E-state index is 6.04. The van der Waals surface area contributed by atoms with Crippen LogP contribution in [0.2, 0.25) is 0 Å². The van der Waals surface area contributed by atoms with Gasteiger partial charge >= 0.3 is 0 Å². The third-order valence-electron chi connectivity index (χ3n) is 4.62. The Bertz CT molecular complexity index is 1190. The van der Waals surface area contributed by atoms with Gasteiger partial charge in [0.15, 0.2) is 33.6 Å². The highest BCUT2D eigenvalue weighted by Crippen LogP contribution is 2.43. The minimum Gasteiger partial charge on any atom is -0.486 e. The van der Waals surface area contributed by atoms with Crippen molar-refractivity contribution < 1.29 is 13.9 Å². The van der Waals surface area contributed by atoms with Crippen LogP contribution in [0.25, 0.3) is 22.6 Å². The first kappa shape index (κ1) is 18.7. The molecule has 0 unspecified atom stereocenters. The summed E-state index contributed by atoms with van der Waals surface area (Å²) in [5.41, 5.74) is 13.8. The highest BCUT2D eigenvalue weighted by molar-refractivity contribution is 7.99. The van der Waals surface area contributed by atoms with E-state index in [2.05, 4.69) is 15.0 Å². The molecule has 11 heteroatoms. The van der Waals surface area contributed by atoms with Crippen LogP contribution < -0.4 is 20.9 Å². The molecular weight excluding hydrogens is 406 g/mol. The molecule has 0 amide bonds. The fourth-order valence-corrected chi connectivity index (χ4v) is 4.28. The molecule has 4 aromatic rings. The number of ether oxygens (including phenoxy) is 2. The van der Waals surface area contributed by atoms with E-state index < -0.39 is 0 Å². The SMILES string of the molecule is NCCCn1c(Sc2cc3c(cc2-c2ncco2)OCCO3)nc2c(N)ncnc21. The van der Waals surface area contributed by atoms with Crippen LogP contribution in [0.1, 0.15) is 6.42 Å². The Morgan fingerprint density at radius 1 is 1.10 bits per heavy atom. The quantitative estimate of drug-likeness (QED) is 0.473. The molecule has 1 aliphatic rings. The fraction of sp³-hybridized carbons (Fsp3) is 0.263. The summed E-state index contributed by atoms with van der Waals surface area (Å²) in [5, 5.41) is 0.718. The molecule has 0 saturated heterocycles. The van der Waals surface area contributed by atoms with Gasteiger partial charge in [0.25, 0.3) is 0 Å². The van der Waals surface area contributed by atoms with Crippen molar-refractivity contribution in [3.8, 4) is 23.0 Å². The van der Waals surface area contributed by atoms with Crippen LogP contribution in [-0.2, 0) is 6.54 Å². The normalized spacial score (nSPS) is 13.1. The Morgan fingerprint density at radius 2 is 1.93 bits per heavy atom. The van der Waals surface area contributed by atoms with Crippen LogP contribution in [0.5, 0.6) is 11.5 Å². The number of rotatable bonds is 6. The summed E-state index contributed by atoms with van der Waals surface area (Å²) in [6, 6.07) is 3.80. The summed E-state index contributed by atoms with van der Waals surface area (Å²) in [5.74, 6) is 2.15. The van der Waals surface area contributed by atoms with Gasteiger partial charge in [-0.3, -0.25) is 0 Å². The molecule has 0 saturated carbocycles. The van der Waals surface area contributed by atoms with Crippen LogP contribution in [0, 0.1) is 0 Å². The monoisotopic (exact) mass is 425 g/mol. The van der Waals surface area contributed by atoms with Crippen molar-refractivity contribution in [3.05, 3.63) is 30.9 Å². The Kier molecular flexibility index (Phi) is 4.89. The lowest BCUT2D eigenvalue weighted by atomic mass is 10.2. The Hall–Kier alpha value is -3.31. The molecule has 154 valence electrons. The molecular formula is C19H19N7O3S. The van der Waals surface area contributed by atoms with E-state index in [9.17, 15) is 0 Å². The molecule has 3 aromatic heterocycles. The second kappa shape index (κ2) is 7.84. The molecule has 0 aliphatic carbocycles. The number of anilines is 1. The maximum Gasteiger partial charge on any atom is 0.227 e. The van der Waals surface area contributed by atoms with Gasteiger partial charge in [-0.15, -0.1) is 0 Å². The lowest BCUT2D eigenvalue weighted by Gasteiger charge is -2.20. The standard InChI is InChI=1S/C19H19N7O3S/c20-2-1-4-26-17-15(16(21)23-10-24-17)25-19(26)30-14-9-13-12(27-6-7-28-13)8-11(14)18-22-3-5-29-18/h3,5,8-10H,1-2,4,6-7,20H2,(H2,21,23,24). The van der Waals surface area contributed by atoms with Gasteiger partial charge in [-0.2, -0.15) is 0 Å². The Balaban J connectivity index is 1.63. The predicted octanol–water partition coefficient (Wildman–Crippen LogP) is 2.33. The number of imidazole rings is 1. The van der Waals surface area contributed by atoms with Gasteiger partial charge in [0.05, 0.1) is 11.8 Å².